The van der Waals surface area contributed by atoms with Crippen molar-refractivity contribution in [3.05, 3.63) is 0 Å². The summed E-state index contributed by atoms with van der Waals surface area (Å²) in [6.45, 7) is 10.0. The average Bonchev–Trinajstić information content (AvgIpc) is 2.52. The predicted molar refractivity (Wildman–Crippen MR) is 101 cm³/mol. The van der Waals surface area contributed by atoms with Crippen molar-refractivity contribution in [2.45, 2.75) is 78.7 Å². The number of hydrogen-bond donors (Lipinski definition) is 3. The van der Waals surface area contributed by atoms with Gasteiger partial charge >= 0.3 is 5.97 Å². The third kappa shape index (κ3) is 11.3. The van der Waals surface area contributed by atoms with Gasteiger partial charge in [0.15, 0.2) is 5.96 Å². The topological polar surface area (TPSA) is 117 Å². The van der Waals surface area contributed by atoms with Crippen molar-refractivity contribution in [3.63, 3.8) is 0 Å². The summed E-state index contributed by atoms with van der Waals surface area (Å²) < 4.78 is 5.29. The third-order valence-electron chi connectivity index (χ3n) is 4.51. The molecule has 0 radical (unpaired) electrons. The highest BCUT2D eigenvalue weighted by molar-refractivity contribution is 5.76. The molecular formula is C18H38N4O2. The van der Waals surface area contributed by atoms with Gasteiger partial charge in [0, 0.05) is 6.54 Å². The Hall–Kier alpha value is -1.30. The van der Waals surface area contributed by atoms with Gasteiger partial charge in [0.1, 0.15) is 6.04 Å². The number of esters is 1. The van der Waals surface area contributed by atoms with Gasteiger partial charge in [-0.05, 0) is 43.4 Å². The highest BCUT2D eigenvalue weighted by Crippen LogP contribution is 2.33. The number of ether oxygens (including phenoxy) is 1. The molecule has 1 atom stereocenters. The zero-order chi connectivity index (χ0) is 18.6. The number of aliphatic imine (C=N–C) groups is 1. The van der Waals surface area contributed by atoms with Gasteiger partial charge in [-0.15, -0.1) is 0 Å². The molecule has 0 rings (SSSR count). The Morgan fingerprint density at radius 3 is 2.33 bits per heavy atom. The molecule has 142 valence electrons. The first-order valence-electron chi connectivity index (χ1n) is 9.19. The molecule has 0 aromatic heterocycles. The smallest absolute Gasteiger partial charge is 0.322 e. The summed E-state index contributed by atoms with van der Waals surface area (Å²) in [5, 5.41) is 0. The van der Waals surface area contributed by atoms with Crippen LogP contribution in [0.1, 0.15) is 72.6 Å². The van der Waals surface area contributed by atoms with E-state index < -0.39 is 6.04 Å². The van der Waals surface area contributed by atoms with Crippen molar-refractivity contribution in [1.29, 1.82) is 0 Å². The lowest BCUT2D eigenvalue weighted by atomic mass is 9.77. The molecule has 0 saturated heterocycles. The van der Waals surface area contributed by atoms with Crippen LogP contribution < -0.4 is 17.2 Å². The Morgan fingerprint density at radius 1 is 1.17 bits per heavy atom. The van der Waals surface area contributed by atoms with Crippen molar-refractivity contribution < 1.29 is 9.53 Å². The zero-order valence-electron chi connectivity index (χ0n) is 16.0. The van der Waals surface area contributed by atoms with Crippen LogP contribution in [0.4, 0.5) is 0 Å². The fourth-order valence-corrected chi connectivity index (χ4v) is 2.93. The van der Waals surface area contributed by atoms with Crippen molar-refractivity contribution in [2.75, 3.05) is 13.2 Å². The number of hydrogen-bond acceptors (Lipinski definition) is 4. The summed E-state index contributed by atoms with van der Waals surface area (Å²) in [6, 6.07) is -0.600. The van der Waals surface area contributed by atoms with Gasteiger partial charge in [-0.1, -0.05) is 40.5 Å². The van der Waals surface area contributed by atoms with E-state index >= 15 is 0 Å². The molecule has 24 heavy (non-hydrogen) atoms. The average molecular weight is 343 g/mol. The van der Waals surface area contributed by atoms with Crippen molar-refractivity contribution in [2.24, 2.45) is 33.5 Å². The summed E-state index contributed by atoms with van der Waals surface area (Å²) in [5.74, 6) is 0.501. The molecule has 0 amide bonds. The largest absolute Gasteiger partial charge is 0.465 e. The summed E-state index contributed by atoms with van der Waals surface area (Å²) in [5.41, 5.74) is 16.6. The van der Waals surface area contributed by atoms with Gasteiger partial charge in [-0.25, -0.2) is 0 Å². The van der Waals surface area contributed by atoms with Gasteiger partial charge in [-0.2, -0.15) is 0 Å². The number of nitrogens with two attached hydrogens (primary N) is 3. The maximum atomic E-state index is 11.8. The van der Waals surface area contributed by atoms with Gasteiger partial charge in [-0.3, -0.25) is 9.79 Å². The minimum absolute atomic E-state index is 0.0575. The second-order valence-electron chi connectivity index (χ2n) is 7.38. The van der Waals surface area contributed by atoms with Gasteiger partial charge < -0.3 is 21.9 Å². The van der Waals surface area contributed by atoms with E-state index in [-0.39, 0.29) is 17.3 Å². The van der Waals surface area contributed by atoms with Crippen LogP contribution >= 0.6 is 0 Å². The van der Waals surface area contributed by atoms with Gasteiger partial charge in [0.2, 0.25) is 0 Å². The quantitative estimate of drug-likeness (QED) is 0.206. The minimum atomic E-state index is -0.600. The molecule has 6 nitrogen and oxygen atoms in total. The minimum Gasteiger partial charge on any atom is -0.465 e. The Bertz CT molecular complexity index is 375. The first kappa shape index (κ1) is 22.7. The molecular weight excluding hydrogens is 304 g/mol. The normalized spacial score (nSPS) is 12.9. The van der Waals surface area contributed by atoms with Crippen LogP contribution in [-0.2, 0) is 9.53 Å². The van der Waals surface area contributed by atoms with Crippen LogP contribution in [0, 0.1) is 11.3 Å². The van der Waals surface area contributed by atoms with E-state index in [1.54, 1.807) is 0 Å². The maximum absolute atomic E-state index is 11.8. The van der Waals surface area contributed by atoms with Crippen LogP contribution in [0.25, 0.3) is 0 Å². The fourth-order valence-electron chi connectivity index (χ4n) is 2.93. The van der Waals surface area contributed by atoms with E-state index in [9.17, 15) is 4.79 Å². The van der Waals surface area contributed by atoms with Gasteiger partial charge in [0.05, 0.1) is 6.61 Å². The monoisotopic (exact) mass is 342 g/mol. The van der Waals surface area contributed by atoms with Crippen molar-refractivity contribution in [3.8, 4) is 0 Å². The van der Waals surface area contributed by atoms with E-state index in [0.29, 0.717) is 26.0 Å². The molecule has 0 aromatic carbocycles. The SMILES string of the molecule is CCC(CC)CC(C)(C)CCCOC(=O)[C@H](N)CCCN=C(N)N. The molecule has 0 fully saturated rings. The van der Waals surface area contributed by atoms with Crippen LogP contribution in [-0.4, -0.2) is 31.1 Å². The molecule has 0 bridgehead atoms. The Morgan fingerprint density at radius 2 is 1.79 bits per heavy atom. The summed E-state index contributed by atoms with van der Waals surface area (Å²) in [7, 11) is 0. The highest BCUT2D eigenvalue weighted by atomic mass is 16.5. The second-order valence-corrected chi connectivity index (χ2v) is 7.38. The van der Waals surface area contributed by atoms with E-state index in [2.05, 4.69) is 32.7 Å². The molecule has 0 aliphatic heterocycles. The van der Waals surface area contributed by atoms with E-state index in [4.69, 9.17) is 21.9 Å². The lowest BCUT2D eigenvalue weighted by Gasteiger charge is -2.29. The van der Waals surface area contributed by atoms with Gasteiger partial charge in [0.25, 0.3) is 0 Å². The molecule has 0 heterocycles. The molecule has 0 spiro atoms. The molecule has 0 aliphatic carbocycles. The lowest BCUT2D eigenvalue weighted by Crippen LogP contribution is -2.33. The van der Waals surface area contributed by atoms with E-state index in [1.807, 2.05) is 0 Å². The highest BCUT2D eigenvalue weighted by Gasteiger charge is 2.22. The molecule has 0 unspecified atom stereocenters. The van der Waals surface area contributed by atoms with Crippen molar-refractivity contribution in [1.82, 2.24) is 0 Å². The van der Waals surface area contributed by atoms with Crippen LogP contribution in [0.5, 0.6) is 0 Å². The zero-order valence-corrected chi connectivity index (χ0v) is 16.0. The second kappa shape index (κ2) is 12.1. The Labute approximate surface area is 147 Å². The summed E-state index contributed by atoms with van der Waals surface area (Å²) in [4.78, 5) is 15.7. The van der Waals surface area contributed by atoms with Crippen molar-refractivity contribution >= 4 is 11.9 Å². The van der Waals surface area contributed by atoms with E-state index in [0.717, 1.165) is 18.8 Å². The number of nitrogens with zero attached hydrogens (tertiary/aromatic N) is 1. The summed E-state index contributed by atoms with van der Waals surface area (Å²) >= 11 is 0. The lowest BCUT2D eigenvalue weighted by molar-refractivity contribution is -0.145. The van der Waals surface area contributed by atoms with Crippen LogP contribution in [0.15, 0.2) is 4.99 Å². The number of guanidine groups is 1. The Kier molecular flexibility index (Phi) is 11.5. The van der Waals surface area contributed by atoms with Crippen LogP contribution in [0.3, 0.4) is 0 Å². The third-order valence-corrected chi connectivity index (χ3v) is 4.51. The molecule has 6 N–H and O–H groups in total. The number of rotatable bonds is 13. The summed E-state index contributed by atoms with van der Waals surface area (Å²) in [6.07, 6.45) is 6.79. The standard InChI is InChI=1S/C18H38N4O2/c1-5-14(6-2)13-18(3,4)10-8-12-24-16(23)15(19)9-7-11-22-17(20)21/h14-15H,5-13,19H2,1-4H3,(H4,20,21,22)/t15-/m1/s1. The number of carbonyl (C=O) groups excluding carboxylic acids is 1. The van der Waals surface area contributed by atoms with E-state index in [1.165, 1.54) is 19.3 Å². The fraction of sp³-hybridized carbons (Fsp3) is 0.889. The number of carbonyl (C=O) groups is 1. The first-order chi connectivity index (χ1) is 11.2. The molecule has 0 saturated carbocycles. The maximum Gasteiger partial charge on any atom is 0.322 e. The molecule has 0 aromatic rings. The molecule has 0 aliphatic rings. The predicted octanol–water partition coefficient (Wildman–Crippen LogP) is 2.54. The molecule has 6 heteroatoms. The first-order valence-corrected chi connectivity index (χ1v) is 9.19. The van der Waals surface area contributed by atoms with Crippen LogP contribution in [0.2, 0.25) is 0 Å². The Balaban J connectivity index is 3.92.